The van der Waals surface area contributed by atoms with E-state index in [1.807, 2.05) is 6.92 Å². The second kappa shape index (κ2) is 7.85. The van der Waals surface area contributed by atoms with Gasteiger partial charge in [-0.1, -0.05) is 13.0 Å². The second-order valence-corrected chi connectivity index (χ2v) is 5.36. The lowest BCUT2D eigenvalue weighted by Crippen LogP contribution is -2.23. The largest absolute Gasteiger partial charge is 0.573 e. The van der Waals surface area contributed by atoms with Crippen LogP contribution in [0.4, 0.5) is 13.2 Å². The van der Waals surface area contributed by atoms with Crippen LogP contribution in [0, 0.1) is 5.92 Å². The van der Waals surface area contributed by atoms with Crippen LogP contribution in [0.2, 0.25) is 0 Å². The summed E-state index contributed by atoms with van der Waals surface area (Å²) in [5.41, 5.74) is 0.871. The quantitative estimate of drug-likeness (QED) is 0.808. The molecule has 0 saturated carbocycles. The van der Waals surface area contributed by atoms with Crippen molar-refractivity contribution in [3.8, 4) is 5.75 Å². The fourth-order valence-electron chi connectivity index (χ4n) is 1.67. The number of methoxy groups -OCH3 is 1. The lowest BCUT2D eigenvalue weighted by molar-refractivity contribution is -0.274. The van der Waals surface area contributed by atoms with Crippen LogP contribution in [0.5, 0.6) is 5.75 Å². The molecule has 0 aliphatic carbocycles. The molecular weight excluding hydrogens is 339 g/mol. The maximum absolute atomic E-state index is 12.1. The van der Waals surface area contributed by atoms with Crippen LogP contribution in [0.25, 0.3) is 0 Å². The van der Waals surface area contributed by atoms with Crippen LogP contribution in [-0.2, 0) is 11.3 Å². The summed E-state index contributed by atoms with van der Waals surface area (Å²) in [6.45, 7) is 4.05. The molecule has 114 valence electrons. The van der Waals surface area contributed by atoms with E-state index in [2.05, 4.69) is 26.0 Å². The molecule has 0 bridgehead atoms. The van der Waals surface area contributed by atoms with Crippen molar-refractivity contribution >= 4 is 15.9 Å². The maximum atomic E-state index is 12.1. The Balaban J connectivity index is 2.51. The number of nitrogens with one attached hydrogen (secondary N) is 1. The molecule has 7 heteroatoms. The molecule has 1 rings (SSSR count). The van der Waals surface area contributed by atoms with Crippen molar-refractivity contribution in [3.05, 3.63) is 28.2 Å². The van der Waals surface area contributed by atoms with Crippen LogP contribution in [-0.4, -0.2) is 26.6 Å². The molecule has 0 fully saturated rings. The molecule has 0 aliphatic rings. The Morgan fingerprint density at radius 1 is 1.35 bits per heavy atom. The van der Waals surface area contributed by atoms with Gasteiger partial charge in [0.1, 0.15) is 5.75 Å². The molecule has 1 unspecified atom stereocenters. The van der Waals surface area contributed by atoms with Gasteiger partial charge in [0, 0.05) is 26.8 Å². The van der Waals surface area contributed by atoms with Gasteiger partial charge in [0.15, 0.2) is 0 Å². The zero-order chi connectivity index (χ0) is 15.2. The van der Waals surface area contributed by atoms with E-state index < -0.39 is 6.36 Å². The fraction of sp³-hybridized carbons (Fsp3) is 0.538. The van der Waals surface area contributed by atoms with E-state index in [1.54, 1.807) is 19.2 Å². The smallest absolute Gasteiger partial charge is 0.405 e. The van der Waals surface area contributed by atoms with E-state index in [4.69, 9.17) is 4.74 Å². The summed E-state index contributed by atoms with van der Waals surface area (Å²) in [5.74, 6) is 0.130. The van der Waals surface area contributed by atoms with Gasteiger partial charge in [0.25, 0.3) is 0 Å². The Hall–Kier alpha value is -0.790. The summed E-state index contributed by atoms with van der Waals surface area (Å²) >= 11 is 3.07. The molecule has 0 amide bonds. The number of alkyl halides is 3. The van der Waals surface area contributed by atoms with Gasteiger partial charge in [-0.15, -0.1) is 13.2 Å². The third kappa shape index (κ3) is 6.58. The van der Waals surface area contributed by atoms with Crippen molar-refractivity contribution in [2.45, 2.75) is 19.8 Å². The summed E-state index contributed by atoms with van der Waals surface area (Å²) < 4.78 is 45.5. The highest BCUT2D eigenvalue weighted by Crippen LogP contribution is 2.30. The molecule has 20 heavy (non-hydrogen) atoms. The van der Waals surface area contributed by atoms with Gasteiger partial charge in [0.05, 0.1) is 4.47 Å². The molecule has 0 spiro atoms. The van der Waals surface area contributed by atoms with Gasteiger partial charge in [-0.25, -0.2) is 0 Å². The average molecular weight is 356 g/mol. The molecule has 0 radical (unpaired) electrons. The predicted octanol–water partition coefficient (Wildman–Crippen LogP) is 3.72. The van der Waals surface area contributed by atoms with E-state index in [0.717, 1.165) is 12.1 Å². The van der Waals surface area contributed by atoms with Gasteiger partial charge < -0.3 is 14.8 Å². The van der Waals surface area contributed by atoms with Crippen molar-refractivity contribution in [1.82, 2.24) is 5.32 Å². The van der Waals surface area contributed by atoms with Crippen molar-refractivity contribution in [1.29, 1.82) is 0 Å². The molecule has 0 heterocycles. The highest BCUT2D eigenvalue weighted by Gasteiger charge is 2.31. The van der Waals surface area contributed by atoms with E-state index in [1.165, 1.54) is 6.07 Å². The number of rotatable bonds is 7. The molecule has 1 N–H and O–H groups in total. The summed E-state index contributed by atoms with van der Waals surface area (Å²) in [7, 11) is 1.65. The van der Waals surface area contributed by atoms with Gasteiger partial charge in [-0.05, 0) is 39.5 Å². The SMILES string of the molecule is COCC(C)CNCc1ccc(OC(F)(F)F)c(Br)c1. The molecule has 1 atom stereocenters. The lowest BCUT2D eigenvalue weighted by atomic mass is 10.2. The summed E-state index contributed by atoms with van der Waals surface area (Å²) in [4.78, 5) is 0. The number of hydrogen-bond donors (Lipinski definition) is 1. The summed E-state index contributed by atoms with van der Waals surface area (Å²) in [6.07, 6.45) is -4.68. The number of benzene rings is 1. The number of halogens is 4. The van der Waals surface area contributed by atoms with Crippen molar-refractivity contribution in [2.75, 3.05) is 20.3 Å². The van der Waals surface area contributed by atoms with Crippen LogP contribution in [0.3, 0.4) is 0 Å². The third-order valence-electron chi connectivity index (χ3n) is 2.50. The Bertz CT molecular complexity index is 427. The topological polar surface area (TPSA) is 30.5 Å². The van der Waals surface area contributed by atoms with Crippen LogP contribution >= 0.6 is 15.9 Å². The Labute approximate surface area is 124 Å². The Kier molecular flexibility index (Phi) is 6.78. The minimum Gasteiger partial charge on any atom is -0.405 e. The Morgan fingerprint density at radius 3 is 2.60 bits per heavy atom. The fourth-order valence-corrected chi connectivity index (χ4v) is 2.18. The van der Waals surface area contributed by atoms with Gasteiger partial charge in [-0.3, -0.25) is 0 Å². The Morgan fingerprint density at radius 2 is 2.05 bits per heavy atom. The number of ether oxygens (including phenoxy) is 2. The van der Waals surface area contributed by atoms with Crippen LogP contribution < -0.4 is 10.1 Å². The van der Waals surface area contributed by atoms with Crippen molar-refractivity contribution < 1.29 is 22.6 Å². The predicted molar refractivity (Wildman–Crippen MR) is 73.6 cm³/mol. The summed E-state index contributed by atoms with van der Waals surface area (Å²) in [5, 5.41) is 3.22. The zero-order valence-electron chi connectivity index (χ0n) is 11.3. The first-order valence-electron chi connectivity index (χ1n) is 6.05. The first-order chi connectivity index (χ1) is 9.31. The minimum atomic E-state index is -4.68. The van der Waals surface area contributed by atoms with Crippen molar-refractivity contribution in [2.24, 2.45) is 5.92 Å². The average Bonchev–Trinajstić information content (AvgIpc) is 2.31. The monoisotopic (exact) mass is 355 g/mol. The standard InChI is InChI=1S/C13H17BrF3NO2/c1-9(8-19-2)6-18-7-10-3-4-12(11(14)5-10)20-13(15,16)17/h3-5,9,18H,6-8H2,1-2H3. The van der Waals surface area contributed by atoms with Gasteiger partial charge in [-0.2, -0.15) is 0 Å². The maximum Gasteiger partial charge on any atom is 0.573 e. The highest BCUT2D eigenvalue weighted by atomic mass is 79.9. The van der Waals surface area contributed by atoms with Gasteiger partial charge >= 0.3 is 6.36 Å². The lowest BCUT2D eigenvalue weighted by Gasteiger charge is -2.13. The molecule has 0 aliphatic heterocycles. The van der Waals surface area contributed by atoms with E-state index >= 15 is 0 Å². The molecular formula is C13H17BrF3NO2. The molecule has 1 aromatic rings. The van der Waals surface area contributed by atoms with Gasteiger partial charge in [0.2, 0.25) is 0 Å². The van der Waals surface area contributed by atoms with Crippen LogP contribution in [0.1, 0.15) is 12.5 Å². The normalized spacial score (nSPS) is 13.3. The summed E-state index contributed by atoms with van der Waals surface area (Å²) in [6, 6.07) is 4.50. The second-order valence-electron chi connectivity index (χ2n) is 4.50. The zero-order valence-corrected chi connectivity index (χ0v) is 12.8. The molecule has 0 saturated heterocycles. The van der Waals surface area contributed by atoms with E-state index in [-0.39, 0.29) is 10.2 Å². The molecule has 0 aromatic heterocycles. The first kappa shape index (κ1) is 17.3. The first-order valence-corrected chi connectivity index (χ1v) is 6.85. The number of hydrogen-bond acceptors (Lipinski definition) is 3. The third-order valence-corrected chi connectivity index (χ3v) is 3.11. The van der Waals surface area contributed by atoms with Crippen LogP contribution in [0.15, 0.2) is 22.7 Å². The molecule has 3 nitrogen and oxygen atoms in total. The van der Waals surface area contributed by atoms with E-state index in [9.17, 15) is 13.2 Å². The van der Waals surface area contributed by atoms with Crippen molar-refractivity contribution in [3.63, 3.8) is 0 Å². The minimum absolute atomic E-state index is 0.242. The molecule has 1 aromatic carbocycles. The van der Waals surface area contributed by atoms with E-state index in [0.29, 0.717) is 19.1 Å². The highest BCUT2D eigenvalue weighted by molar-refractivity contribution is 9.10.